The van der Waals surface area contributed by atoms with E-state index in [1.165, 1.54) is 0 Å². The molecule has 0 aromatic heterocycles. The van der Waals surface area contributed by atoms with Crippen molar-refractivity contribution in [2.45, 2.75) is 63.2 Å². The predicted molar refractivity (Wildman–Crippen MR) is 126 cm³/mol. The first-order valence-electron chi connectivity index (χ1n) is 11.7. The van der Waals surface area contributed by atoms with Crippen LogP contribution in [-0.4, -0.2) is 63.6 Å². The molecule has 1 aromatic carbocycles. The topological polar surface area (TPSA) is 127 Å². The first-order valence-corrected chi connectivity index (χ1v) is 11.7. The van der Waals surface area contributed by atoms with Gasteiger partial charge in [0, 0.05) is 24.7 Å². The van der Waals surface area contributed by atoms with Gasteiger partial charge >= 0.3 is 0 Å². The van der Waals surface area contributed by atoms with Crippen molar-refractivity contribution >= 4 is 11.7 Å². The molecule has 33 heavy (non-hydrogen) atoms. The molecule has 0 aliphatic heterocycles. The number of nitrogens with one attached hydrogen (secondary N) is 1. The Morgan fingerprint density at radius 1 is 1.15 bits per heavy atom. The zero-order chi connectivity index (χ0) is 24.1. The number of unbranched alkanes of at least 4 members (excludes halogenated alkanes) is 1. The van der Waals surface area contributed by atoms with Crippen LogP contribution < -0.4 is 5.32 Å². The molecule has 0 saturated heterocycles. The molecule has 1 saturated carbocycles. The summed E-state index contributed by atoms with van der Waals surface area (Å²) < 4.78 is 0. The van der Waals surface area contributed by atoms with Gasteiger partial charge in [-0.3, -0.25) is 9.59 Å². The SMILES string of the molecule is O=C(CCC/C=C\C[C@H]1C(=O)C[C@@H](O)[C@@H]1/C=C/[C@@H](O)CCc1ccccc1)NC(CO)CO. The van der Waals surface area contributed by atoms with Crippen LogP contribution >= 0.6 is 0 Å². The minimum Gasteiger partial charge on any atom is -0.394 e. The fourth-order valence-electron chi connectivity index (χ4n) is 4.03. The van der Waals surface area contributed by atoms with E-state index in [9.17, 15) is 19.8 Å². The van der Waals surface area contributed by atoms with Gasteiger partial charge in [-0.2, -0.15) is 0 Å². The number of ketones is 1. The molecule has 0 spiro atoms. The summed E-state index contributed by atoms with van der Waals surface area (Å²) in [6.07, 6.45) is 9.48. The highest BCUT2D eigenvalue weighted by Crippen LogP contribution is 2.33. The first kappa shape index (κ1) is 26.9. The molecule has 2 rings (SSSR count). The molecule has 1 aromatic rings. The van der Waals surface area contributed by atoms with E-state index < -0.39 is 18.2 Å². The fraction of sp³-hybridized carbons (Fsp3) is 0.538. The van der Waals surface area contributed by atoms with Gasteiger partial charge in [-0.1, -0.05) is 54.6 Å². The molecular weight excluding hydrogens is 422 g/mol. The molecule has 0 bridgehead atoms. The second-order valence-electron chi connectivity index (χ2n) is 8.63. The lowest BCUT2D eigenvalue weighted by Crippen LogP contribution is -2.39. The highest BCUT2D eigenvalue weighted by Gasteiger charge is 2.39. The van der Waals surface area contributed by atoms with Crippen LogP contribution in [0.4, 0.5) is 0 Å². The zero-order valence-electron chi connectivity index (χ0n) is 19.1. The van der Waals surface area contributed by atoms with Crippen molar-refractivity contribution in [1.82, 2.24) is 5.32 Å². The number of Topliss-reactive ketones (excluding diaryl/α,β-unsaturated/α-hetero) is 1. The molecule has 5 N–H and O–H groups in total. The second kappa shape index (κ2) is 14.8. The van der Waals surface area contributed by atoms with Crippen LogP contribution in [0, 0.1) is 11.8 Å². The van der Waals surface area contributed by atoms with Crippen molar-refractivity contribution in [3.05, 3.63) is 60.2 Å². The Balaban J connectivity index is 1.75. The quantitative estimate of drug-likeness (QED) is 0.213. The van der Waals surface area contributed by atoms with Gasteiger partial charge in [0.15, 0.2) is 0 Å². The molecule has 0 radical (unpaired) electrons. The van der Waals surface area contributed by atoms with Gasteiger partial charge in [-0.25, -0.2) is 0 Å². The number of aliphatic hydroxyl groups is 4. The summed E-state index contributed by atoms with van der Waals surface area (Å²) in [7, 11) is 0. The van der Waals surface area contributed by atoms with Gasteiger partial charge in [0.25, 0.3) is 0 Å². The summed E-state index contributed by atoms with van der Waals surface area (Å²) in [5.41, 5.74) is 1.16. The van der Waals surface area contributed by atoms with E-state index >= 15 is 0 Å². The van der Waals surface area contributed by atoms with Gasteiger partial charge in [-0.05, 0) is 37.7 Å². The fourth-order valence-corrected chi connectivity index (χ4v) is 4.03. The van der Waals surface area contributed by atoms with Crippen molar-refractivity contribution in [3.8, 4) is 0 Å². The molecule has 0 heterocycles. The number of aryl methyl sites for hydroxylation is 1. The summed E-state index contributed by atoms with van der Waals surface area (Å²) in [6, 6.07) is 9.30. The molecule has 1 fully saturated rings. The Morgan fingerprint density at radius 2 is 1.88 bits per heavy atom. The number of hydrogen-bond acceptors (Lipinski definition) is 6. The zero-order valence-corrected chi connectivity index (χ0v) is 19.1. The van der Waals surface area contributed by atoms with Crippen LogP contribution in [0.3, 0.4) is 0 Å². The number of amides is 1. The van der Waals surface area contributed by atoms with Gasteiger partial charge < -0.3 is 25.7 Å². The third kappa shape index (κ3) is 9.60. The average molecular weight is 460 g/mol. The molecular formula is C26H37NO6. The Hall–Kier alpha value is -2.32. The van der Waals surface area contributed by atoms with E-state index in [1.807, 2.05) is 42.5 Å². The molecule has 4 atom stereocenters. The van der Waals surface area contributed by atoms with Crippen LogP contribution in [0.25, 0.3) is 0 Å². The van der Waals surface area contributed by atoms with Gasteiger partial charge in [0.1, 0.15) is 5.78 Å². The standard InChI is InChI=1S/C26H37NO6/c28-17-20(18-29)27-26(33)11-7-2-1-6-10-22-23(25(32)16-24(22)31)15-14-21(30)13-12-19-8-4-3-5-9-19/h1,3-6,8-9,14-15,20-23,25,28-30,32H,2,7,10-13,16-18H2,(H,27,33)/b6-1-,15-14+/t21-,22+,23+,25+/m0/s1. The Bertz CT molecular complexity index is 774. The third-order valence-electron chi connectivity index (χ3n) is 6.00. The Labute approximate surface area is 195 Å². The number of carbonyl (C=O) groups excluding carboxylic acids is 2. The summed E-state index contributed by atoms with van der Waals surface area (Å²) in [5.74, 6) is -0.819. The minimum absolute atomic E-state index is 0.0269. The van der Waals surface area contributed by atoms with Crippen molar-refractivity contribution in [2.75, 3.05) is 13.2 Å². The number of carbonyl (C=O) groups is 2. The summed E-state index contributed by atoms with van der Waals surface area (Å²) in [5, 5.41) is 41.1. The maximum Gasteiger partial charge on any atom is 0.220 e. The Kier molecular flexibility index (Phi) is 12.0. The molecule has 0 unspecified atom stereocenters. The summed E-state index contributed by atoms with van der Waals surface area (Å²) in [6.45, 7) is -0.605. The molecule has 1 aliphatic carbocycles. The van der Waals surface area contributed by atoms with E-state index in [4.69, 9.17) is 10.2 Å². The monoisotopic (exact) mass is 459 g/mol. The number of benzene rings is 1. The van der Waals surface area contributed by atoms with Crippen LogP contribution in [0.5, 0.6) is 0 Å². The number of allylic oxidation sites excluding steroid dienone is 2. The highest BCUT2D eigenvalue weighted by atomic mass is 16.3. The van der Waals surface area contributed by atoms with Crippen molar-refractivity contribution in [2.24, 2.45) is 11.8 Å². The lowest BCUT2D eigenvalue weighted by Gasteiger charge is -2.16. The molecule has 1 aliphatic rings. The van der Waals surface area contributed by atoms with Crippen LogP contribution in [0.15, 0.2) is 54.6 Å². The minimum atomic E-state index is -0.733. The predicted octanol–water partition coefficient (Wildman–Crippen LogP) is 1.69. The molecule has 7 heteroatoms. The lowest BCUT2D eigenvalue weighted by atomic mass is 9.90. The number of rotatable bonds is 14. The smallest absolute Gasteiger partial charge is 0.220 e. The Morgan fingerprint density at radius 3 is 2.58 bits per heavy atom. The maximum absolute atomic E-state index is 12.3. The van der Waals surface area contributed by atoms with Crippen LogP contribution in [0.2, 0.25) is 0 Å². The van der Waals surface area contributed by atoms with Crippen molar-refractivity contribution in [1.29, 1.82) is 0 Å². The third-order valence-corrected chi connectivity index (χ3v) is 6.00. The second-order valence-corrected chi connectivity index (χ2v) is 8.63. The van der Waals surface area contributed by atoms with E-state index in [1.54, 1.807) is 12.2 Å². The molecule has 1 amide bonds. The van der Waals surface area contributed by atoms with Gasteiger partial charge in [-0.15, -0.1) is 0 Å². The van der Waals surface area contributed by atoms with E-state index in [2.05, 4.69) is 5.32 Å². The molecule has 182 valence electrons. The van der Waals surface area contributed by atoms with E-state index in [-0.39, 0.29) is 49.6 Å². The lowest BCUT2D eigenvalue weighted by molar-refractivity contribution is -0.122. The maximum atomic E-state index is 12.3. The summed E-state index contributed by atoms with van der Waals surface area (Å²) in [4.78, 5) is 24.1. The van der Waals surface area contributed by atoms with Gasteiger partial charge in [0.05, 0.1) is 31.5 Å². The number of hydrogen-bond donors (Lipinski definition) is 5. The van der Waals surface area contributed by atoms with E-state index in [0.29, 0.717) is 25.7 Å². The first-order chi connectivity index (χ1) is 15.9. The van der Waals surface area contributed by atoms with Crippen molar-refractivity contribution in [3.63, 3.8) is 0 Å². The normalized spacial score (nSPS) is 22.0. The summed E-state index contributed by atoms with van der Waals surface area (Å²) >= 11 is 0. The van der Waals surface area contributed by atoms with E-state index in [0.717, 1.165) is 12.0 Å². The molecule has 7 nitrogen and oxygen atoms in total. The highest BCUT2D eigenvalue weighted by molar-refractivity contribution is 5.84. The largest absolute Gasteiger partial charge is 0.394 e. The van der Waals surface area contributed by atoms with Crippen LogP contribution in [-0.2, 0) is 16.0 Å². The van der Waals surface area contributed by atoms with Gasteiger partial charge in [0.2, 0.25) is 5.91 Å². The van der Waals surface area contributed by atoms with Crippen molar-refractivity contribution < 1.29 is 30.0 Å². The number of aliphatic hydroxyl groups excluding tert-OH is 4. The van der Waals surface area contributed by atoms with Crippen LogP contribution in [0.1, 0.15) is 44.1 Å². The average Bonchev–Trinajstić information content (AvgIpc) is 3.09.